The lowest BCUT2D eigenvalue weighted by atomic mass is 9.96. The van der Waals surface area contributed by atoms with Crippen molar-refractivity contribution < 1.29 is 34.2 Å². The molecule has 1 aliphatic rings. The highest BCUT2D eigenvalue weighted by molar-refractivity contribution is 5.93. The number of nitrogens with two attached hydrogens (primary N) is 6. The summed E-state index contributed by atoms with van der Waals surface area (Å²) in [5.41, 5.74) is 38.0. The highest BCUT2D eigenvalue weighted by atomic mass is 16.3. The molecule has 5 amide bonds. The van der Waals surface area contributed by atoms with Gasteiger partial charge in [-0.2, -0.15) is 0 Å². The summed E-state index contributed by atoms with van der Waals surface area (Å²) in [5.74, 6) is -2.69. The Balaban J connectivity index is 1.59. The van der Waals surface area contributed by atoms with Crippen molar-refractivity contribution in [3.63, 3.8) is 0 Å². The third-order valence-corrected chi connectivity index (χ3v) is 9.58. The van der Waals surface area contributed by atoms with Crippen molar-refractivity contribution in [2.45, 2.75) is 100 Å². The van der Waals surface area contributed by atoms with Crippen molar-refractivity contribution in [3.8, 4) is 16.9 Å². The number of nitrogens with one attached hydrogen (secondary N) is 5. The minimum absolute atomic E-state index is 0.0306. The van der Waals surface area contributed by atoms with Crippen LogP contribution >= 0.6 is 0 Å². The molecular formula is C38H61N11O7. The summed E-state index contributed by atoms with van der Waals surface area (Å²) < 4.78 is 0. The summed E-state index contributed by atoms with van der Waals surface area (Å²) in [6.07, 6.45) is 1.53. The molecule has 2 aromatic carbocycles. The molecule has 56 heavy (non-hydrogen) atoms. The predicted octanol–water partition coefficient (Wildman–Crippen LogP) is -3.21. The summed E-state index contributed by atoms with van der Waals surface area (Å²) in [6.45, 7) is 1.07. The SMILES string of the molecule is NCCC[C@H](N)CNC(=O)[C@@H](N)CCCNC(=O)[C@@H](N)CCCNC(=O)[C@@H]1Cc2cccc(c2)-c2ccc(O)c(c2)C[C@H](N)C(=O)N[C@@H](C[C@@H](O)CN)C(=O)N1. The monoisotopic (exact) mass is 783 g/mol. The van der Waals surface area contributed by atoms with Gasteiger partial charge in [0.25, 0.3) is 0 Å². The van der Waals surface area contributed by atoms with Crippen LogP contribution in [-0.4, -0.2) is 115 Å². The van der Waals surface area contributed by atoms with E-state index >= 15 is 0 Å². The van der Waals surface area contributed by atoms with Crippen LogP contribution in [-0.2, 0) is 36.8 Å². The van der Waals surface area contributed by atoms with Crippen LogP contribution in [0.5, 0.6) is 5.75 Å². The molecule has 0 spiro atoms. The summed E-state index contributed by atoms with van der Waals surface area (Å²) in [5, 5.41) is 34.4. The van der Waals surface area contributed by atoms with E-state index in [4.69, 9.17) is 34.4 Å². The fourth-order valence-corrected chi connectivity index (χ4v) is 6.16. The molecule has 4 bridgehead atoms. The number of amides is 5. The molecule has 310 valence electrons. The van der Waals surface area contributed by atoms with Crippen LogP contribution in [0.3, 0.4) is 0 Å². The first-order chi connectivity index (χ1) is 26.7. The van der Waals surface area contributed by atoms with Crippen LogP contribution in [0.4, 0.5) is 0 Å². The van der Waals surface area contributed by atoms with Crippen LogP contribution in [0.1, 0.15) is 56.1 Å². The van der Waals surface area contributed by atoms with Gasteiger partial charge in [0.15, 0.2) is 0 Å². The van der Waals surface area contributed by atoms with Gasteiger partial charge in [-0.25, -0.2) is 0 Å². The van der Waals surface area contributed by atoms with E-state index in [0.29, 0.717) is 44.3 Å². The van der Waals surface area contributed by atoms with Gasteiger partial charge in [-0.15, -0.1) is 0 Å². The van der Waals surface area contributed by atoms with Crippen LogP contribution in [0, 0.1) is 0 Å². The third kappa shape index (κ3) is 15.1. The number of aliphatic hydroxyl groups is 1. The Labute approximate surface area is 327 Å². The molecule has 3 rings (SSSR count). The Bertz CT molecular complexity index is 1610. The molecule has 7 atom stereocenters. The molecule has 18 nitrogen and oxygen atoms in total. The Hall–Kier alpha value is -4.69. The van der Waals surface area contributed by atoms with Crippen LogP contribution in [0.2, 0.25) is 0 Å². The van der Waals surface area contributed by atoms with Gasteiger partial charge in [0, 0.05) is 51.5 Å². The minimum atomic E-state index is -1.28. The molecule has 2 aromatic rings. The van der Waals surface area contributed by atoms with E-state index in [1.54, 1.807) is 12.1 Å². The van der Waals surface area contributed by atoms with Gasteiger partial charge in [0.05, 0.1) is 24.2 Å². The van der Waals surface area contributed by atoms with Gasteiger partial charge in [0.1, 0.15) is 17.8 Å². The Morgan fingerprint density at radius 1 is 0.804 bits per heavy atom. The quantitative estimate of drug-likeness (QED) is 0.0625. The van der Waals surface area contributed by atoms with Crippen molar-refractivity contribution in [1.29, 1.82) is 0 Å². The van der Waals surface area contributed by atoms with Gasteiger partial charge < -0.3 is 71.2 Å². The number of rotatable bonds is 19. The van der Waals surface area contributed by atoms with Gasteiger partial charge in [0.2, 0.25) is 29.5 Å². The standard InChI is InChI=1S/C38H61N11O7/c39-12-2-7-26(41)21-47-35(53)29(43)9-3-13-45-34(52)28(42)8-4-14-46-37(55)31-16-22-5-1-6-23(15-22)24-10-11-33(51)25(17-24)18-30(44)36(54)48-32(38(56)49-31)19-27(50)20-40/h1,5-6,10-11,15,17,26-32,50-51H,2-4,7-9,12-14,16,18-21,39-44H2,(H,45,52)(H,46,55)(H,47,53)(H,48,54)(H,49,56)/t26-,27+,28-,29-,30-,31-,32-/m0/s1. The lowest BCUT2D eigenvalue weighted by Crippen LogP contribution is -2.57. The van der Waals surface area contributed by atoms with Crippen LogP contribution in [0.25, 0.3) is 11.1 Å². The van der Waals surface area contributed by atoms with E-state index in [9.17, 15) is 34.2 Å². The van der Waals surface area contributed by atoms with Crippen LogP contribution < -0.4 is 61.0 Å². The lowest BCUT2D eigenvalue weighted by molar-refractivity contribution is -0.133. The number of phenolic OH excluding ortho intramolecular Hbond substituents is 1. The lowest BCUT2D eigenvalue weighted by Gasteiger charge is -2.25. The number of phenols is 1. The molecule has 19 N–H and O–H groups in total. The van der Waals surface area contributed by atoms with E-state index in [-0.39, 0.29) is 68.9 Å². The topological polar surface area (TPSA) is 342 Å². The predicted molar refractivity (Wildman–Crippen MR) is 212 cm³/mol. The van der Waals surface area contributed by atoms with Crippen molar-refractivity contribution in [2.75, 3.05) is 32.7 Å². The third-order valence-electron chi connectivity index (χ3n) is 9.58. The smallest absolute Gasteiger partial charge is 0.243 e. The molecule has 18 heteroatoms. The van der Waals surface area contributed by atoms with Crippen molar-refractivity contribution in [3.05, 3.63) is 53.6 Å². The zero-order valence-corrected chi connectivity index (χ0v) is 31.9. The first kappa shape index (κ1) is 45.7. The molecule has 0 fully saturated rings. The average molecular weight is 784 g/mol. The van der Waals surface area contributed by atoms with Gasteiger partial charge in [-0.1, -0.05) is 30.3 Å². The number of benzene rings is 2. The second kappa shape index (κ2) is 23.4. The molecule has 0 unspecified atom stereocenters. The molecule has 0 saturated heterocycles. The number of hydrogen-bond donors (Lipinski definition) is 13. The highest BCUT2D eigenvalue weighted by Crippen LogP contribution is 2.28. The summed E-state index contributed by atoms with van der Waals surface area (Å²) in [7, 11) is 0. The maximum atomic E-state index is 13.6. The van der Waals surface area contributed by atoms with Gasteiger partial charge in [-0.3, -0.25) is 24.0 Å². The molecule has 1 aliphatic heterocycles. The molecule has 0 aliphatic carbocycles. The fourth-order valence-electron chi connectivity index (χ4n) is 6.16. The van der Waals surface area contributed by atoms with E-state index in [1.807, 2.05) is 24.3 Å². The fraction of sp³-hybridized carbons (Fsp3) is 0.553. The molecule has 0 aromatic heterocycles. The summed E-state index contributed by atoms with van der Waals surface area (Å²) in [4.78, 5) is 65.2. The Morgan fingerprint density at radius 2 is 1.46 bits per heavy atom. The summed E-state index contributed by atoms with van der Waals surface area (Å²) >= 11 is 0. The van der Waals surface area contributed by atoms with Crippen LogP contribution in [0.15, 0.2) is 42.5 Å². The average Bonchev–Trinajstić information content (AvgIpc) is 3.18. The van der Waals surface area contributed by atoms with E-state index in [2.05, 4.69) is 26.6 Å². The first-order valence-electron chi connectivity index (χ1n) is 19.2. The number of fused-ring (bicyclic) bond motifs is 5. The number of aromatic hydroxyl groups is 1. The van der Waals surface area contributed by atoms with Crippen molar-refractivity contribution in [1.82, 2.24) is 26.6 Å². The van der Waals surface area contributed by atoms with Crippen molar-refractivity contribution in [2.24, 2.45) is 34.4 Å². The van der Waals surface area contributed by atoms with Gasteiger partial charge >= 0.3 is 0 Å². The maximum absolute atomic E-state index is 13.6. The zero-order valence-electron chi connectivity index (χ0n) is 31.9. The largest absolute Gasteiger partial charge is 0.508 e. The van der Waals surface area contributed by atoms with E-state index < -0.39 is 54.0 Å². The maximum Gasteiger partial charge on any atom is 0.243 e. The first-order valence-corrected chi connectivity index (χ1v) is 19.2. The number of hydrogen-bond acceptors (Lipinski definition) is 13. The molecular weight excluding hydrogens is 722 g/mol. The van der Waals surface area contributed by atoms with Gasteiger partial charge in [-0.05, 0) is 79.5 Å². The van der Waals surface area contributed by atoms with E-state index in [1.165, 1.54) is 6.07 Å². The van der Waals surface area contributed by atoms with Crippen molar-refractivity contribution >= 4 is 29.5 Å². The highest BCUT2D eigenvalue weighted by Gasteiger charge is 2.30. The second-order valence-corrected chi connectivity index (χ2v) is 14.3. The normalized spacial score (nSPS) is 19.5. The zero-order chi connectivity index (χ0) is 41.2. The number of aliphatic hydroxyl groups excluding tert-OH is 1. The second-order valence-electron chi connectivity index (χ2n) is 14.3. The number of carbonyl (C=O) groups is 5. The Morgan fingerprint density at radius 3 is 2.14 bits per heavy atom. The molecule has 0 saturated carbocycles. The summed E-state index contributed by atoms with van der Waals surface area (Å²) in [6, 6.07) is 6.99. The molecule has 1 heterocycles. The minimum Gasteiger partial charge on any atom is -0.508 e. The number of carbonyl (C=O) groups excluding carboxylic acids is 5. The Kier molecular flexibility index (Phi) is 19.1. The molecule has 0 radical (unpaired) electrons. The van der Waals surface area contributed by atoms with E-state index in [0.717, 1.165) is 23.1 Å².